The van der Waals surface area contributed by atoms with Gasteiger partial charge in [-0.05, 0) is 20.8 Å². The molecular weight excluding hydrogens is 228 g/mol. The number of rotatable bonds is 5. The molecule has 0 radical (unpaired) electrons. The van der Waals surface area contributed by atoms with E-state index in [1.807, 2.05) is 0 Å². The van der Waals surface area contributed by atoms with E-state index < -0.39 is 24.5 Å². The summed E-state index contributed by atoms with van der Waals surface area (Å²) in [5.74, 6) is -2.07. The van der Waals surface area contributed by atoms with Gasteiger partial charge in [-0.25, -0.2) is 14.4 Å². The molecule has 0 saturated carbocycles. The van der Waals surface area contributed by atoms with E-state index in [4.69, 9.17) is 4.74 Å². The van der Waals surface area contributed by atoms with E-state index in [1.54, 1.807) is 13.8 Å². The number of hydrogen-bond donors (Lipinski definition) is 0. The smallest absolute Gasteiger partial charge is 0.344 e. The molecular formula is C11H16O6. The lowest BCUT2D eigenvalue weighted by Gasteiger charge is -2.07. The Labute approximate surface area is 99.5 Å². The Morgan fingerprint density at radius 1 is 1.24 bits per heavy atom. The summed E-state index contributed by atoms with van der Waals surface area (Å²) in [6.07, 6.45) is 0.683. The van der Waals surface area contributed by atoms with Gasteiger partial charge in [0.2, 0.25) is 0 Å². The highest BCUT2D eigenvalue weighted by molar-refractivity contribution is 5.96. The van der Waals surface area contributed by atoms with Crippen molar-refractivity contribution in [3.63, 3.8) is 0 Å². The van der Waals surface area contributed by atoms with Gasteiger partial charge < -0.3 is 14.2 Å². The Bertz CT molecular complexity index is 329. The highest BCUT2D eigenvalue weighted by Gasteiger charge is 2.10. The van der Waals surface area contributed by atoms with Crippen molar-refractivity contribution in [3.05, 3.63) is 11.6 Å². The van der Waals surface area contributed by atoms with E-state index in [1.165, 1.54) is 14.0 Å². The molecule has 0 rings (SSSR count). The van der Waals surface area contributed by atoms with Crippen LogP contribution in [0.1, 0.15) is 20.8 Å². The largest absolute Gasteiger partial charge is 0.466 e. The molecule has 96 valence electrons. The molecule has 6 heteroatoms. The van der Waals surface area contributed by atoms with Crippen LogP contribution in [0.25, 0.3) is 0 Å². The molecule has 0 aromatic rings. The van der Waals surface area contributed by atoms with E-state index in [2.05, 4.69) is 9.47 Å². The first-order valence-electron chi connectivity index (χ1n) is 4.99. The maximum Gasteiger partial charge on any atom is 0.344 e. The molecule has 0 unspecified atom stereocenters. The fraction of sp³-hybridized carbons (Fsp3) is 0.545. The van der Waals surface area contributed by atoms with Gasteiger partial charge in [-0.2, -0.15) is 0 Å². The fourth-order valence-corrected chi connectivity index (χ4v) is 0.865. The van der Waals surface area contributed by atoms with Crippen molar-refractivity contribution in [3.8, 4) is 0 Å². The molecule has 0 saturated heterocycles. The van der Waals surface area contributed by atoms with Gasteiger partial charge in [-0.15, -0.1) is 0 Å². The van der Waals surface area contributed by atoms with Crippen molar-refractivity contribution in [2.45, 2.75) is 26.9 Å². The number of ether oxygens (including phenoxy) is 3. The molecule has 0 aliphatic rings. The maximum atomic E-state index is 11.1. The Kier molecular flexibility index (Phi) is 6.62. The van der Waals surface area contributed by atoms with Crippen molar-refractivity contribution in [2.24, 2.45) is 0 Å². The van der Waals surface area contributed by atoms with Crippen LogP contribution in [0.15, 0.2) is 11.6 Å². The monoisotopic (exact) mass is 244 g/mol. The third-order valence-corrected chi connectivity index (χ3v) is 1.54. The van der Waals surface area contributed by atoms with Crippen molar-refractivity contribution in [1.29, 1.82) is 0 Å². The topological polar surface area (TPSA) is 78.9 Å². The summed E-state index contributed by atoms with van der Waals surface area (Å²) in [6.45, 7) is 4.28. The van der Waals surface area contributed by atoms with Crippen molar-refractivity contribution in [1.82, 2.24) is 0 Å². The zero-order chi connectivity index (χ0) is 13.4. The first-order chi connectivity index (χ1) is 7.86. The molecule has 0 aliphatic carbocycles. The summed E-state index contributed by atoms with van der Waals surface area (Å²) in [6, 6.07) is 0. The molecule has 0 aliphatic heterocycles. The molecule has 0 fully saturated rings. The lowest BCUT2D eigenvalue weighted by Crippen LogP contribution is -2.19. The van der Waals surface area contributed by atoms with Crippen LogP contribution in [0.2, 0.25) is 0 Å². The third-order valence-electron chi connectivity index (χ3n) is 1.54. The molecule has 17 heavy (non-hydrogen) atoms. The second-order valence-electron chi connectivity index (χ2n) is 3.47. The summed E-state index contributed by atoms with van der Waals surface area (Å²) < 4.78 is 13.7. The van der Waals surface area contributed by atoms with Crippen LogP contribution in [0.4, 0.5) is 0 Å². The number of carbonyl (C=O) groups excluding carboxylic acids is 3. The van der Waals surface area contributed by atoms with E-state index in [-0.39, 0.29) is 11.7 Å². The Balaban J connectivity index is 4.11. The molecule has 0 heterocycles. The van der Waals surface area contributed by atoms with E-state index >= 15 is 0 Å². The Hall–Kier alpha value is -1.85. The Morgan fingerprint density at radius 3 is 2.29 bits per heavy atom. The van der Waals surface area contributed by atoms with Crippen LogP contribution in [-0.4, -0.2) is 37.7 Å². The van der Waals surface area contributed by atoms with Gasteiger partial charge in [0.15, 0.2) is 6.61 Å². The van der Waals surface area contributed by atoms with Gasteiger partial charge in [0, 0.05) is 11.6 Å². The van der Waals surface area contributed by atoms with Crippen molar-refractivity contribution < 1.29 is 28.6 Å². The zero-order valence-corrected chi connectivity index (χ0v) is 10.3. The normalized spacial score (nSPS) is 11.0. The predicted octanol–water partition coefficient (Wildman–Crippen LogP) is 0.600. The Morgan fingerprint density at radius 2 is 1.82 bits per heavy atom. The number of carbonyl (C=O) groups is 3. The van der Waals surface area contributed by atoms with Crippen LogP contribution in [0, 0.1) is 0 Å². The molecule has 0 atom stereocenters. The molecule has 0 aromatic carbocycles. The molecule has 0 bridgehead atoms. The van der Waals surface area contributed by atoms with Crippen molar-refractivity contribution >= 4 is 17.9 Å². The summed E-state index contributed by atoms with van der Waals surface area (Å²) in [7, 11) is 1.20. The first-order valence-corrected chi connectivity index (χ1v) is 4.99. The summed E-state index contributed by atoms with van der Waals surface area (Å²) in [4.78, 5) is 33.1. The molecule has 0 N–H and O–H groups in total. The lowest BCUT2D eigenvalue weighted by atomic mass is 10.3. The number of methoxy groups -OCH3 is 1. The average Bonchev–Trinajstić information content (AvgIpc) is 2.24. The zero-order valence-electron chi connectivity index (χ0n) is 10.3. The minimum atomic E-state index is -0.798. The van der Waals surface area contributed by atoms with Gasteiger partial charge in [-0.3, -0.25) is 0 Å². The van der Waals surface area contributed by atoms with Crippen LogP contribution >= 0.6 is 0 Å². The van der Waals surface area contributed by atoms with Gasteiger partial charge in [0.25, 0.3) is 0 Å². The fourth-order valence-electron chi connectivity index (χ4n) is 0.865. The highest BCUT2D eigenvalue weighted by Crippen LogP contribution is 1.97. The van der Waals surface area contributed by atoms with Crippen LogP contribution in [-0.2, 0) is 28.6 Å². The lowest BCUT2D eigenvalue weighted by molar-refractivity contribution is -0.158. The van der Waals surface area contributed by atoms with Crippen LogP contribution in [0.5, 0.6) is 0 Å². The van der Waals surface area contributed by atoms with Gasteiger partial charge in [0.05, 0.1) is 13.2 Å². The van der Waals surface area contributed by atoms with Gasteiger partial charge in [-0.1, -0.05) is 0 Å². The highest BCUT2D eigenvalue weighted by atomic mass is 16.6. The van der Waals surface area contributed by atoms with E-state index in [9.17, 15) is 14.4 Å². The van der Waals surface area contributed by atoms with Gasteiger partial charge >= 0.3 is 17.9 Å². The summed E-state index contributed by atoms with van der Waals surface area (Å²) in [5, 5.41) is 0. The predicted molar refractivity (Wildman–Crippen MR) is 58.0 cm³/mol. The first kappa shape index (κ1) is 15.2. The second kappa shape index (κ2) is 7.43. The van der Waals surface area contributed by atoms with E-state index in [0.717, 1.165) is 6.08 Å². The number of esters is 3. The maximum absolute atomic E-state index is 11.1. The molecule has 0 spiro atoms. The molecule has 0 amide bonds. The van der Waals surface area contributed by atoms with Gasteiger partial charge in [0.1, 0.15) is 0 Å². The van der Waals surface area contributed by atoms with Crippen molar-refractivity contribution in [2.75, 3.05) is 13.7 Å². The average molecular weight is 244 g/mol. The second-order valence-corrected chi connectivity index (χ2v) is 3.47. The summed E-state index contributed by atoms with van der Waals surface area (Å²) in [5.41, 5.74) is 0.0923. The summed E-state index contributed by atoms with van der Waals surface area (Å²) >= 11 is 0. The van der Waals surface area contributed by atoms with Crippen LogP contribution in [0.3, 0.4) is 0 Å². The minimum Gasteiger partial charge on any atom is -0.466 e. The quantitative estimate of drug-likeness (QED) is 0.400. The molecule has 6 nitrogen and oxygen atoms in total. The minimum absolute atomic E-state index is 0.0923. The third kappa shape index (κ3) is 7.10. The van der Waals surface area contributed by atoms with Crippen LogP contribution < -0.4 is 0 Å². The van der Waals surface area contributed by atoms with E-state index in [0.29, 0.717) is 0 Å². The molecule has 0 aromatic heterocycles. The standard InChI is InChI=1S/C11H16O6/c1-7(2)17-10(13)6-16-9(12)5-8(3)11(14)15-4/h5,7H,6H2,1-4H3/b8-5-. The SMILES string of the molecule is COC(=O)/C(C)=C\C(=O)OCC(=O)OC(C)C. The number of hydrogen-bond acceptors (Lipinski definition) is 6.